The number of hydrogen-bond donors (Lipinski definition) is 0. The first kappa shape index (κ1) is 14.5. The lowest BCUT2D eigenvalue weighted by Crippen LogP contribution is -2.32. The molecule has 0 aromatic carbocycles. The predicted molar refractivity (Wildman–Crippen MR) is 62.0 cm³/mol. The van der Waals surface area contributed by atoms with E-state index >= 15 is 0 Å². The Morgan fingerprint density at radius 3 is 2.67 bits per heavy atom. The SMILES string of the molecule is C=CCOCC1OC(=O)OC1COC(=O)CCC. The van der Waals surface area contributed by atoms with Crippen LogP contribution in [-0.4, -0.2) is 44.2 Å². The quantitative estimate of drug-likeness (QED) is 0.372. The van der Waals surface area contributed by atoms with Crippen molar-refractivity contribution in [3.8, 4) is 0 Å². The number of carbonyl (C=O) groups excluding carboxylic acids is 2. The standard InChI is InChI=1S/C12H18O6/c1-3-5-11(13)16-8-10-9(7-15-6-4-2)17-12(14)18-10/h4,9-10H,2-3,5-8H2,1H3. The Morgan fingerprint density at radius 2 is 2.06 bits per heavy atom. The van der Waals surface area contributed by atoms with Gasteiger partial charge in [0.25, 0.3) is 0 Å². The summed E-state index contributed by atoms with van der Waals surface area (Å²) in [7, 11) is 0. The number of esters is 1. The van der Waals surface area contributed by atoms with Gasteiger partial charge in [0.05, 0.1) is 13.2 Å². The summed E-state index contributed by atoms with van der Waals surface area (Å²) in [5.74, 6) is -0.314. The molecule has 102 valence electrons. The topological polar surface area (TPSA) is 71.1 Å². The van der Waals surface area contributed by atoms with Gasteiger partial charge in [0.1, 0.15) is 6.61 Å². The zero-order valence-corrected chi connectivity index (χ0v) is 10.4. The van der Waals surface area contributed by atoms with E-state index in [2.05, 4.69) is 6.58 Å². The zero-order chi connectivity index (χ0) is 13.4. The van der Waals surface area contributed by atoms with Crippen LogP contribution in [0.2, 0.25) is 0 Å². The van der Waals surface area contributed by atoms with E-state index in [1.807, 2.05) is 6.92 Å². The second kappa shape index (κ2) is 7.71. The largest absolute Gasteiger partial charge is 0.509 e. The minimum Gasteiger partial charge on any atom is -0.462 e. The minimum absolute atomic E-state index is 0.00725. The number of hydrogen-bond acceptors (Lipinski definition) is 6. The highest BCUT2D eigenvalue weighted by Crippen LogP contribution is 2.16. The van der Waals surface area contributed by atoms with Crippen LogP contribution in [0.3, 0.4) is 0 Å². The normalized spacial score (nSPS) is 22.2. The third kappa shape index (κ3) is 4.75. The Balaban J connectivity index is 2.33. The van der Waals surface area contributed by atoms with Gasteiger partial charge in [0.15, 0.2) is 12.2 Å². The van der Waals surface area contributed by atoms with E-state index in [0.29, 0.717) is 19.4 Å². The molecule has 1 heterocycles. The number of carbonyl (C=O) groups is 2. The van der Waals surface area contributed by atoms with Crippen LogP contribution in [0.15, 0.2) is 12.7 Å². The fourth-order valence-electron chi connectivity index (χ4n) is 1.43. The lowest BCUT2D eigenvalue weighted by Gasteiger charge is -2.15. The average Bonchev–Trinajstić information content (AvgIpc) is 2.68. The van der Waals surface area contributed by atoms with Crippen LogP contribution >= 0.6 is 0 Å². The molecule has 1 aliphatic rings. The van der Waals surface area contributed by atoms with Crippen molar-refractivity contribution in [3.05, 3.63) is 12.7 Å². The first-order valence-electron chi connectivity index (χ1n) is 5.89. The van der Waals surface area contributed by atoms with Crippen molar-refractivity contribution >= 4 is 12.1 Å². The van der Waals surface area contributed by atoms with Gasteiger partial charge in [-0.3, -0.25) is 4.79 Å². The first-order chi connectivity index (χ1) is 8.67. The van der Waals surface area contributed by atoms with Crippen molar-refractivity contribution in [2.45, 2.75) is 32.0 Å². The zero-order valence-electron chi connectivity index (χ0n) is 10.4. The Labute approximate surface area is 106 Å². The summed E-state index contributed by atoms with van der Waals surface area (Å²) in [6.07, 6.45) is 0.729. The number of cyclic esters (lactones) is 2. The van der Waals surface area contributed by atoms with E-state index in [-0.39, 0.29) is 19.2 Å². The molecule has 0 aromatic rings. The molecule has 0 aliphatic carbocycles. The van der Waals surface area contributed by atoms with Crippen LogP contribution in [0.4, 0.5) is 4.79 Å². The van der Waals surface area contributed by atoms with Crippen molar-refractivity contribution in [2.24, 2.45) is 0 Å². The minimum atomic E-state index is -0.765. The molecule has 1 saturated heterocycles. The molecule has 0 N–H and O–H groups in total. The van der Waals surface area contributed by atoms with Gasteiger partial charge in [-0.1, -0.05) is 13.0 Å². The van der Waals surface area contributed by atoms with Gasteiger partial charge in [0, 0.05) is 6.42 Å². The smallest absolute Gasteiger partial charge is 0.462 e. The van der Waals surface area contributed by atoms with Gasteiger partial charge in [-0.15, -0.1) is 6.58 Å². The second-order valence-corrected chi connectivity index (χ2v) is 3.82. The Hall–Kier alpha value is -1.56. The highest BCUT2D eigenvalue weighted by Gasteiger charge is 2.37. The van der Waals surface area contributed by atoms with Gasteiger partial charge < -0.3 is 18.9 Å². The van der Waals surface area contributed by atoms with Gasteiger partial charge in [-0.25, -0.2) is 4.79 Å². The molecule has 0 aromatic heterocycles. The molecule has 0 bridgehead atoms. The fourth-order valence-corrected chi connectivity index (χ4v) is 1.43. The van der Waals surface area contributed by atoms with E-state index in [0.717, 1.165) is 0 Å². The molecule has 6 nitrogen and oxygen atoms in total. The molecule has 1 rings (SSSR count). The van der Waals surface area contributed by atoms with E-state index in [9.17, 15) is 9.59 Å². The molecule has 0 radical (unpaired) electrons. The molecule has 0 spiro atoms. The van der Waals surface area contributed by atoms with Gasteiger partial charge in [-0.05, 0) is 6.42 Å². The van der Waals surface area contributed by atoms with E-state index in [4.69, 9.17) is 18.9 Å². The molecular weight excluding hydrogens is 240 g/mol. The Morgan fingerprint density at radius 1 is 1.39 bits per heavy atom. The maximum absolute atomic E-state index is 11.2. The summed E-state index contributed by atoms with van der Waals surface area (Å²) >= 11 is 0. The molecule has 0 amide bonds. The number of ether oxygens (including phenoxy) is 4. The summed E-state index contributed by atoms with van der Waals surface area (Å²) < 4.78 is 20.0. The Bertz CT molecular complexity index is 301. The van der Waals surface area contributed by atoms with Crippen molar-refractivity contribution in [3.63, 3.8) is 0 Å². The van der Waals surface area contributed by atoms with Crippen LogP contribution < -0.4 is 0 Å². The lowest BCUT2D eigenvalue weighted by atomic mass is 10.2. The van der Waals surface area contributed by atoms with Crippen molar-refractivity contribution in [2.75, 3.05) is 19.8 Å². The third-order valence-electron chi connectivity index (χ3n) is 2.29. The third-order valence-corrected chi connectivity index (χ3v) is 2.29. The van der Waals surface area contributed by atoms with Crippen molar-refractivity contribution in [1.82, 2.24) is 0 Å². The maximum atomic E-state index is 11.2. The van der Waals surface area contributed by atoms with Crippen molar-refractivity contribution < 1.29 is 28.5 Å². The lowest BCUT2D eigenvalue weighted by molar-refractivity contribution is -0.146. The van der Waals surface area contributed by atoms with Crippen LogP contribution in [0.5, 0.6) is 0 Å². The maximum Gasteiger partial charge on any atom is 0.509 e. The van der Waals surface area contributed by atoms with Crippen LogP contribution in [0, 0.1) is 0 Å². The van der Waals surface area contributed by atoms with Crippen LogP contribution in [0.1, 0.15) is 19.8 Å². The summed E-state index contributed by atoms with van der Waals surface area (Å²) in [5.41, 5.74) is 0. The molecule has 0 saturated carbocycles. The summed E-state index contributed by atoms with van der Waals surface area (Å²) in [5, 5.41) is 0. The molecule has 18 heavy (non-hydrogen) atoms. The van der Waals surface area contributed by atoms with Gasteiger partial charge >= 0.3 is 12.1 Å². The number of rotatable bonds is 8. The van der Waals surface area contributed by atoms with E-state index in [1.54, 1.807) is 6.08 Å². The Kier molecular flexibility index (Phi) is 6.21. The fraction of sp³-hybridized carbons (Fsp3) is 0.667. The van der Waals surface area contributed by atoms with E-state index in [1.165, 1.54) is 0 Å². The van der Waals surface area contributed by atoms with Crippen LogP contribution in [-0.2, 0) is 23.7 Å². The summed E-state index contributed by atoms with van der Waals surface area (Å²) in [6, 6.07) is 0. The highest BCUT2D eigenvalue weighted by atomic mass is 16.8. The van der Waals surface area contributed by atoms with E-state index < -0.39 is 18.4 Å². The second-order valence-electron chi connectivity index (χ2n) is 3.82. The molecule has 2 atom stereocenters. The molecule has 6 heteroatoms. The molecule has 1 fully saturated rings. The monoisotopic (exact) mass is 258 g/mol. The molecular formula is C12H18O6. The van der Waals surface area contributed by atoms with Crippen LogP contribution in [0.25, 0.3) is 0 Å². The van der Waals surface area contributed by atoms with Crippen molar-refractivity contribution in [1.29, 1.82) is 0 Å². The van der Waals surface area contributed by atoms with Gasteiger partial charge in [-0.2, -0.15) is 0 Å². The summed E-state index contributed by atoms with van der Waals surface area (Å²) in [6.45, 7) is 5.92. The molecule has 2 unspecified atom stereocenters. The predicted octanol–water partition coefficient (Wildman–Crippen LogP) is 1.44. The highest BCUT2D eigenvalue weighted by molar-refractivity contribution is 5.69. The molecule has 1 aliphatic heterocycles. The first-order valence-corrected chi connectivity index (χ1v) is 5.89. The summed E-state index contributed by atoms with van der Waals surface area (Å²) in [4.78, 5) is 22.2. The average molecular weight is 258 g/mol. The van der Waals surface area contributed by atoms with Gasteiger partial charge in [0.2, 0.25) is 0 Å².